The Morgan fingerprint density at radius 1 is 1.28 bits per heavy atom. The number of nitrogens with one attached hydrogen (secondary N) is 1. The summed E-state index contributed by atoms with van der Waals surface area (Å²) < 4.78 is 2.84. The molecular formula is C15H22BrN5O4. The number of aryl methyl sites for hydroxylation is 2. The Morgan fingerprint density at radius 2 is 1.92 bits per heavy atom. The molecule has 25 heavy (non-hydrogen) atoms. The third-order valence-corrected chi connectivity index (χ3v) is 4.67. The summed E-state index contributed by atoms with van der Waals surface area (Å²) in [5.74, 6) is -1.23. The number of hydrogen-bond acceptors (Lipinski definition) is 5. The zero-order valence-corrected chi connectivity index (χ0v) is 15.7. The summed E-state index contributed by atoms with van der Waals surface area (Å²) in [4.78, 5) is 39.7. The normalized spacial score (nSPS) is 14.6. The number of carbonyl (C=O) groups excluding carboxylic acids is 1. The highest BCUT2D eigenvalue weighted by Gasteiger charge is 2.15. The first-order chi connectivity index (χ1) is 11.9. The van der Waals surface area contributed by atoms with Gasteiger partial charge in [-0.05, 0) is 41.6 Å². The molecule has 0 radical (unpaired) electrons. The van der Waals surface area contributed by atoms with E-state index in [0.717, 1.165) is 0 Å². The lowest BCUT2D eigenvalue weighted by molar-refractivity contribution is -0.653. The van der Waals surface area contributed by atoms with Crippen molar-refractivity contribution in [1.29, 1.82) is 0 Å². The van der Waals surface area contributed by atoms with Gasteiger partial charge in [-0.2, -0.15) is 0 Å². The topological polar surface area (TPSA) is 129 Å². The van der Waals surface area contributed by atoms with Gasteiger partial charge in [0.05, 0.1) is 13.1 Å². The maximum Gasteiger partial charge on any atom is 0.329 e. The van der Waals surface area contributed by atoms with Crippen LogP contribution in [0.4, 0.5) is 0 Å². The molecule has 0 unspecified atom stereocenters. The second-order valence-corrected chi connectivity index (χ2v) is 6.63. The van der Waals surface area contributed by atoms with Crippen molar-refractivity contribution in [2.75, 3.05) is 13.1 Å². The molecule has 1 aliphatic heterocycles. The van der Waals surface area contributed by atoms with Crippen molar-refractivity contribution in [2.45, 2.75) is 38.6 Å². The maximum absolute atomic E-state index is 11.7. The molecule has 0 aromatic carbocycles. The molecule has 0 spiro atoms. The van der Waals surface area contributed by atoms with Crippen LogP contribution in [0.2, 0.25) is 0 Å². The third kappa shape index (κ3) is 5.02. The predicted octanol–water partition coefficient (Wildman–Crippen LogP) is -1.55. The molecule has 1 fully saturated rings. The minimum atomic E-state index is -1.23. The van der Waals surface area contributed by atoms with Gasteiger partial charge in [-0.15, -0.1) is 0 Å². The van der Waals surface area contributed by atoms with Crippen LogP contribution in [0, 0.1) is 0 Å². The Morgan fingerprint density at radius 3 is 2.52 bits per heavy atom. The number of nitrogens with two attached hydrogens (primary N) is 1. The minimum absolute atomic E-state index is 0.0285. The van der Waals surface area contributed by atoms with Crippen molar-refractivity contribution < 1.29 is 15.2 Å². The standard InChI is InChI=1S/C9H9BrN4O4.C6H13N/c1-13-6-5(7(17)12-9(13)18)14(8(10)11-6)3-2-4(15)16;1-2-4-6-7-5-3-1/h2-3H2,1H3,(H,15,16)(H,12,17,18);7H,1-6H2. The van der Waals surface area contributed by atoms with Gasteiger partial charge >= 0.3 is 5.69 Å². The molecule has 0 amide bonds. The second kappa shape index (κ2) is 8.95. The lowest BCUT2D eigenvalue weighted by Crippen LogP contribution is -2.83. The number of H-pyrrole nitrogens is 1. The minimum Gasteiger partial charge on any atom is -0.550 e. The molecule has 0 atom stereocenters. The number of carboxylic acid groups (broad SMARTS) is 1. The number of halogens is 1. The number of carbonyl (C=O) groups is 1. The Kier molecular flexibility index (Phi) is 6.94. The monoisotopic (exact) mass is 415 g/mol. The molecule has 0 bridgehead atoms. The number of rotatable bonds is 3. The second-order valence-electron chi connectivity index (χ2n) is 5.93. The van der Waals surface area contributed by atoms with E-state index in [0.29, 0.717) is 0 Å². The maximum atomic E-state index is 11.7. The SMILES string of the molecule is C1CCC[NH2+]CC1.Cn1c(=O)[nH]c(=O)c2c1nc(Br)n2CCC(=O)[O-]. The molecule has 2 aromatic heterocycles. The van der Waals surface area contributed by atoms with Gasteiger partial charge in [0.2, 0.25) is 0 Å². The van der Waals surface area contributed by atoms with Gasteiger partial charge in [0, 0.05) is 26.0 Å². The van der Waals surface area contributed by atoms with Crippen LogP contribution in [0.15, 0.2) is 14.3 Å². The van der Waals surface area contributed by atoms with Crippen molar-refractivity contribution in [1.82, 2.24) is 19.1 Å². The van der Waals surface area contributed by atoms with E-state index in [1.165, 1.54) is 55.0 Å². The molecule has 10 heteroatoms. The highest BCUT2D eigenvalue weighted by Crippen LogP contribution is 2.16. The van der Waals surface area contributed by atoms with Gasteiger partial charge in [0.25, 0.3) is 5.56 Å². The van der Waals surface area contributed by atoms with Crippen LogP contribution in [0.1, 0.15) is 32.1 Å². The first-order valence-corrected chi connectivity index (χ1v) is 9.07. The smallest absolute Gasteiger partial charge is 0.329 e. The number of hydrogen-bond donors (Lipinski definition) is 2. The highest BCUT2D eigenvalue weighted by molar-refractivity contribution is 9.10. The van der Waals surface area contributed by atoms with Crippen molar-refractivity contribution in [2.24, 2.45) is 7.05 Å². The molecule has 3 rings (SSSR count). The molecule has 0 saturated carbocycles. The zero-order chi connectivity index (χ0) is 18.4. The Labute approximate surface area is 152 Å². The fourth-order valence-corrected chi connectivity index (χ4v) is 3.21. The molecule has 3 N–H and O–H groups in total. The summed E-state index contributed by atoms with van der Waals surface area (Å²) in [6, 6.07) is 0. The van der Waals surface area contributed by atoms with Crippen LogP contribution in [-0.4, -0.2) is 38.2 Å². The summed E-state index contributed by atoms with van der Waals surface area (Å²) in [5, 5.41) is 12.9. The quantitative estimate of drug-likeness (QED) is 0.586. The van der Waals surface area contributed by atoms with E-state index in [-0.39, 0.29) is 28.9 Å². The molecule has 9 nitrogen and oxygen atoms in total. The van der Waals surface area contributed by atoms with Gasteiger partial charge in [-0.3, -0.25) is 14.3 Å². The van der Waals surface area contributed by atoms with Crippen molar-refractivity contribution in [3.8, 4) is 0 Å². The van der Waals surface area contributed by atoms with Crippen molar-refractivity contribution >= 4 is 33.1 Å². The van der Waals surface area contributed by atoms with Crippen LogP contribution < -0.4 is 21.7 Å². The molecule has 138 valence electrons. The van der Waals surface area contributed by atoms with E-state index >= 15 is 0 Å². The largest absolute Gasteiger partial charge is 0.550 e. The summed E-state index contributed by atoms with van der Waals surface area (Å²) >= 11 is 3.12. The number of carboxylic acids is 1. The fourth-order valence-electron chi connectivity index (χ4n) is 2.69. The summed E-state index contributed by atoms with van der Waals surface area (Å²) in [6.45, 7) is 2.78. The van der Waals surface area contributed by atoms with E-state index in [1.807, 2.05) is 0 Å². The summed E-state index contributed by atoms with van der Waals surface area (Å²) in [7, 11) is 1.46. The molecular weight excluding hydrogens is 394 g/mol. The lowest BCUT2D eigenvalue weighted by atomic mass is 10.2. The zero-order valence-electron chi connectivity index (χ0n) is 14.1. The van der Waals surface area contributed by atoms with Crippen LogP contribution >= 0.6 is 15.9 Å². The van der Waals surface area contributed by atoms with Gasteiger partial charge in [0.15, 0.2) is 15.9 Å². The Hall–Kier alpha value is -1.94. The number of aromatic nitrogens is 4. The van der Waals surface area contributed by atoms with Gasteiger partial charge < -0.3 is 19.8 Å². The number of quaternary nitrogens is 1. The van der Waals surface area contributed by atoms with Gasteiger partial charge in [-0.1, -0.05) is 0 Å². The molecule has 1 saturated heterocycles. The first kappa shape index (κ1) is 19.4. The number of fused-ring (bicyclic) bond motifs is 1. The highest BCUT2D eigenvalue weighted by atomic mass is 79.9. The number of aliphatic carboxylic acids is 1. The van der Waals surface area contributed by atoms with Crippen LogP contribution in [0.3, 0.4) is 0 Å². The predicted molar refractivity (Wildman–Crippen MR) is 93.0 cm³/mol. The lowest BCUT2D eigenvalue weighted by Gasteiger charge is -2.05. The molecule has 2 aromatic rings. The van der Waals surface area contributed by atoms with Crippen LogP contribution in [0.25, 0.3) is 11.2 Å². The Bertz CT molecular complexity index is 834. The van der Waals surface area contributed by atoms with E-state index in [9.17, 15) is 19.5 Å². The van der Waals surface area contributed by atoms with E-state index < -0.39 is 17.2 Å². The van der Waals surface area contributed by atoms with Crippen molar-refractivity contribution in [3.63, 3.8) is 0 Å². The average molecular weight is 416 g/mol. The number of nitrogens with zero attached hydrogens (tertiary/aromatic N) is 3. The van der Waals surface area contributed by atoms with Gasteiger partial charge in [-0.25, -0.2) is 9.78 Å². The molecule has 1 aliphatic rings. The van der Waals surface area contributed by atoms with E-state index in [4.69, 9.17) is 0 Å². The van der Waals surface area contributed by atoms with Crippen LogP contribution in [-0.2, 0) is 18.4 Å². The van der Waals surface area contributed by atoms with Gasteiger partial charge in [0.1, 0.15) is 0 Å². The number of imidazole rings is 1. The first-order valence-electron chi connectivity index (χ1n) is 8.28. The summed E-state index contributed by atoms with van der Waals surface area (Å²) in [6.07, 6.45) is 5.57. The third-order valence-electron chi connectivity index (χ3n) is 4.07. The Balaban J connectivity index is 0.000000269. The summed E-state index contributed by atoms with van der Waals surface area (Å²) in [5.41, 5.74) is -0.853. The molecule has 3 heterocycles. The van der Waals surface area contributed by atoms with E-state index in [1.54, 1.807) is 0 Å². The van der Waals surface area contributed by atoms with Crippen molar-refractivity contribution in [3.05, 3.63) is 25.6 Å². The number of aromatic amines is 1. The molecule has 0 aliphatic carbocycles. The van der Waals surface area contributed by atoms with E-state index in [2.05, 4.69) is 31.2 Å². The average Bonchev–Trinajstić information content (AvgIpc) is 2.75. The fraction of sp³-hybridized carbons (Fsp3) is 0.600. The van der Waals surface area contributed by atoms with Crippen LogP contribution in [0.5, 0.6) is 0 Å².